The Hall–Kier alpha value is -3.55. The Morgan fingerprint density at radius 2 is 1.84 bits per heavy atom. The van der Waals surface area contributed by atoms with Gasteiger partial charge in [0.2, 0.25) is 5.79 Å². The zero-order valence-corrected chi connectivity index (χ0v) is 21.7. The second-order valence-electron chi connectivity index (χ2n) is 9.55. The molecule has 2 heterocycles. The summed E-state index contributed by atoms with van der Waals surface area (Å²) in [4.78, 5) is 13.1. The average molecular weight is 503 g/mol. The minimum absolute atomic E-state index is 0.0858. The molecule has 0 atom stereocenters. The van der Waals surface area contributed by atoms with Gasteiger partial charge >= 0.3 is 0 Å². The third-order valence-corrected chi connectivity index (χ3v) is 7.25. The smallest absolute Gasteiger partial charge is 0.251 e. The summed E-state index contributed by atoms with van der Waals surface area (Å²) >= 11 is 0. The van der Waals surface area contributed by atoms with E-state index in [9.17, 15) is 4.79 Å². The number of hydrogen-bond acceptors (Lipinski definition) is 6. The van der Waals surface area contributed by atoms with Gasteiger partial charge in [-0.1, -0.05) is 24.3 Å². The first-order chi connectivity index (χ1) is 18.0. The first-order valence-electron chi connectivity index (χ1n) is 12.8. The third-order valence-electron chi connectivity index (χ3n) is 7.25. The SMILES string of the molecule is COc1ccc(CCNC(=O)c2cccc(-c3ccc4c(c3)COC3(CCNCC3)O4)c2C)cc1OC. The molecule has 7 nitrogen and oxygen atoms in total. The predicted octanol–water partition coefficient (Wildman–Crippen LogP) is 4.64. The number of piperidine rings is 1. The molecule has 194 valence electrons. The van der Waals surface area contributed by atoms with Crippen molar-refractivity contribution in [3.05, 3.63) is 76.9 Å². The van der Waals surface area contributed by atoms with Crippen molar-refractivity contribution in [1.82, 2.24) is 10.6 Å². The minimum atomic E-state index is -0.509. The molecule has 2 aliphatic rings. The van der Waals surface area contributed by atoms with Gasteiger partial charge in [-0.25, -0.2) is 0 Å². The zero-order valence-electron chi connectivity index (χ0n) is 21.7. The van der Waals surface area contributed by atoms with Gasteiger partial charge < -0.3 is 29.6 Å². The molecule has 0 radical (unpaired) electrons. The van der Waals surface area contributed by atoms with Gasteiger partial charge in [-0.05, 0) is 65.9 Å². The summed E-state index contributed by atoms with van der Waals surface area (Å²) in [6.45, 7) is 4.84. The van der Waals surface area contributed by atoms with Crippen molar-refractivity contribution < 1.29 is 23.7 Å². The molecule has 0 aliphatic carbocycles. The largest absolute Gasteiger partial charge is 0.493 e. The summed E-state index contributed by atoms with van der Waals surface area (Å²) in [5.41, 5.74) is 5.78. The van der Waals surface area contributed by atoms with E-state index < -0.39 is 5.79 Å². The van der Waals surface area contributed by atoms with Crippen LogP contribution in [-0.4, -0.2) is 45.5 Å². The van der Waals surface area contributed by atoms with Crippen molar-refractivity contribution in [2.45, 2.75) is 38.6 Å². The molecule has 5 rings (SSSR count). The summed E-state index contributed by atoms with van der Waals surface area (Å²) in [6.07, 6.45) is 2.38. The third kappa shape index (κ3) is 5.29. The van der Waals surface area contributed by atoms with E-state index in [1.165, 1.54) is 0 Å². The molecule has 0 saturated carbocycles. The molecule has 1 amide bonds. The molecular formula is C30H34N2O5. The molecule has 3 aromatic rings. The van der Waals surface area contributed by atoms with Gasteiger partial charge in [-0.2, -0.15) is 0 Å². The molecular weight excluding hydrogens is 468 g/mol. The fourth-order valence-electron chi connectivity index (χ4n) is 5.10. The van der Waals surface area contributed by atoms with Crippen LogP contribution in [-0.2, 0) is 17.8 Å². The zero-order chi connectivity index (χ0) is 25.8. The van der Waals surface area contributed by atoms with Crippen molar-refractivity contribution in [3.8, 4) is 28.4 Å². The number of carbonyl (C=O) groups is 1. The highest BCUT2D eigenvalue weighted by atomic mass is 16.7. The van der Waals surface area contributed by atoms with Gasteiger partial charge in [0.05, 0.1) is 20.8 Å². The molecule has 2 aliphatic heterocycles. The maximum absolute atomic E-state index is 13.1. The maximum atomic E-state index is 13.1. The van der Waals surface area contributed by atoms with Crippen LogP contribution in [0.5, 0.6) is 17.2 Å². The average Bonchev–Trinajstić information content (AvgIpc) is 2.93. The van der Waals surface area contributed by atoms with Crippen LogP contribution in [0.4, 0.5) is 0 Å². The van der Waals surface area contributed by atoms with Gasteiger partial charge in [-0.3, -0.25) is 4.79 Å². The Morgan fingerprint density at radius 1 is 1.03 bits per heavy atom. The van der Waals surface area contributed by atoms with E-state index in [1.54, 1.807) is 14.2 Å². The quantitative estimate of drug-likeness (QED) is 0.490. The van der Waals surface area contributed by atoms with Crippen molar-refractivity contribution >= 4 is 5.91 Å². The second kappa shape index (κ2) is 10.8. The monoisotopic (exact) mass is 502 g/mol. The highest BCUT2D eigenvalue weighted by Crippen LogP contribution is 2.38. The van der Waals surface area contributed by atoms with Crippen LogP contribution in [0.25, 0.3) is 11.1 Å². The van der Waals surface area contributed by atoms with Crippen molar-refractivity contribution in [2.75, 3.05) is 33.9 Å². The van der Waals surface area contributed by atoms with Gasteiger partial charge in [-0.15, -0.1) is 0 Å². The number of nitrogens with one attached hydrogen (secondary N) is 2. The van der Waals surface area contributed by atoms with E-state index in [4.69, 9.17) is 18.9 Å². The van der Waals surface area contributed by atoms with Gasteiger partial charge in [0, 0.05) is 43.6 Å². The Balaban J connectivity index is 1.27. The van der Waals surface area contributed by atoms with Crippen LogP contribution in [0.15, 0.2) is 54.6 Å². The fourth-order valence-corrected chi connectivity index (χ4v) is 5.10. The van der Waals surface area contributed by atoms with E-state index >= 15 is 0 Å². The van der Waals surface area contributed by atoms with E-state index in [-0.39, 0.29) is 5.91 Å². The normalized spacial score (nSPS) is 16.0. The molecule has 1 spiro atoms. The summed E-state index contributed by atoms with van der Waals surface area (Å²) in [7, 11) is 3.23. The first-order valence-corrected chi connectivity index (χ1v) is 12.8. The summed E-state index contributed by atoms with van der Waals surface area (Å²) in [5, 5.41) is 6.42. The number of ether oxygens (including phenoxy) is 4. The molecule has 1 saturated heterocycles. The van der Waals surface area contributed by atoms with Gasteiger partial charge in [0.1, 0.15) is 5.75 Å². The molecule has 0 aromatic heterocycles. The standard InChI is InChI=1S/C30H34N2O5/c1-20-24(22-8-10-26-23(18-22)19-36-30(37-26)12-15-31-16-13-30)5-4-6-25(20)29(33)32-14-11-21-7-9-27(34-2)28(17-21)35-3/h4-10,17-18,31H,11-16,19H2,1-3H3,(H,32,33). The lowest BCUT2D eigenvalue weighted by molar-refractivity contribution is -0.218. The lowest BCUT2D eigenvalue weighted by atomic mass is 9.94. The molecule has 0 bridgehead atoms. The summed E-state index contributed by atoms with van der Waals surface area (Å²) in [6, 6.07) is 17.9. The molecule has 3 aromatic carbocycles. The van der Waals surface area contributed by atoms with E-state index in [0.29, 0.717) is 36.6 Å². The number of hydrogen-bond donors (Lipinski definition) is 2. The summed E-state index contributed by atoms with van der Waals surface area (Å²) in [5.74, 6) is 1.66. The molecule has 0 unspecified atom stereocenters. The fraction of sp³-hybridized carbons (Fsp3) is 0.367. The Morgan fingerprint density at radius 3 is 2.62 bits per heavy atom. The van der Waals surface area contributed by atoms with Crippen LogP contribution in [0.3, 0.4) is 0 Å². The van der Waals surface area contributed by atoms with Crippen LogP contribution >= 0.6 is 0 Å². The number of amides is 1. The molecule has 1 fully saturated rings. The van der Waals surface area contributed by atoms with E-state index in [0.717, 1.165) is 59.5 Å². The van der Waals surface area contributed by atoms with Crippen molar-refractivity contribution in [1.29, 1.82) is 0 Å². The summed E-state index contributed by atoms with van der Waals surface area (Å²) < 4.78 is 23.2. The Bertz CT molecular complexity index is 1280. The van der Waals surface area contributed by atoms with E-state index in [1.807, 2.05) is 43.3 Å². The number of rotatable bonds is 7. The predicted molar refractivity (Wildman–Crippen MR) is 142 cm³/mol. The minimum Gasteiger partial charge on any atom is -0.493 e. The van der Waals surface area contributed by atoms with Gasteiger partial charge in [0.25, 0.3) is 5.91 Å². The van der Waals surface area contributed by atoms with E-state index in [2.05, 4.69) is 28.8 Å². The first kappa shape index (κ1) is 25.1. The highest BCUT2D eigenvalue weighted by molar-refractivity contribution is 5.97. The Kier molecular flexibility index (Phi) is 7.35. The topological polar surface area (TPSA) is 78.1 Å². The maximum Gasteiger partial charge on any atom is 0.251 e. The lowest BCUT2D eigenvalue weighted by Crippen LogP contribution is -2.49. The number of methoxy groups -OCH3 is 2. The number of benzene rings is 3. The van der Waals surface area contributed by atoms with Crippen LogP contribution < -0.4 is 24.8 Å². The van der Waals surface area contributed by atoms with Crippen LogP contribution in [0.2, 0.25) is 0 Å². The number of carbonyl (C=O) groups excluding carboxylic acids is 1. The van der Waals surface area contributed by atoms with Crippen molar-refractivity contribution in [3.63, 3.8) is 0 Å². The molecule has 37 heavy (non-hydrogen) atoms. The van der Waals surface area contributed by atoms with Crippen LogP contribution in [0, 0.1) is 6.92 Å². The van der Waals surface area contributed by atoms with Gasteiger partial charge in [0.15, 0.2) is 11.5 Å². The lowest BCUT2D eigenvalue weighted by Gasteiger charge is -2.41. The molecule has 7 heteroatoms. The second-order valence-corrected chi connectivity index (χ2v) is 9.55. The highest BCUT2D eigenvalue weighted by Gasteiger charge is 2.38. The Labute approximate surface area is 218 Å². The number of fused-ring (bicyclic) bond motifs is 1. The van der Waals surface area contributed by atoms with Crippen LogP contribution in [0.1, 0.15) is 39.9 Å². The van der Waals surface area contributed by atoms with Crippen molar-refractivity contribution in [2.24, 2.45) is 0 Å². The molecule has 2 N–H and O–H groups in total.